The molecular formula is C18H22N2O6. The second-order valence-electron chi connectivity index (χ2n) is 6.24. The van der Waals surface area contributed by atoms with E-state index in [9.17, 15) is 20.1 Å². The molecule has 1 aromatic heterocycles. The van der Waals surface area contributed by atoms with Gasteiger partial charge in [0.25, 0.3) is 5.56 Å². The van der Waals surface area contributed by atoms with Gasteiger partial charge in [0.05, 0.1) is 24.2 Å². The van der Waals surface area contributed by atoms with E-state index in [2.05, 4.69) is 11.6 Å². The molecule has 140 valence electrons. The molecule has 0 bridgehead atoms. The fraction of sp³-hybridized carbons (Fsp3) is 0.444. The molecule has 0 amide bonds. The molecule has 0 spiro atoms. The standard InChI is InChI=1S/C18H22N2O6/c1-3-8-25-18-16(23)15(22)14(21)13(26-18)9-20-12-7-5-4-6-11(12)19-10(2)17(20)24/h3-7,13-16,18,21-23H,1,8-9H2,2H3/t13-,14-,15+,16+,18+/m1/s1. The van der Waals surface area contributed by atoms with Crippen LogP contribution in [0.1, 0.15) is 5.69 Å². The summed E-state index contributed by atoms with van der Waals surface area (Å²) < 4.78 is 12.4. The number of rotatable bonds is 5. The molecule has 1 aliphatic heterocycles. The van der Waals surface area contributed by atoms with Crippen LogP contribution in [0.25, 0.3) is 11.0 Å². The van der Waals surface area contributed by atoms with E-state index in [1.807, 2.05) is 6.07 Å². The van der Waals surface area contributed by atoms with Crippen LogP contribution in [-0.2, 0) is 16.0 Å². The Labute approximate surface area is 149 Å². The first kappa shape index (κ1) is 18.7. The summed E-state index contributed by atoms with van der Waals surface area (Å²) in [6.45, 7) is 5.21. The summed E-state index contributed by atoms with van der Waals surface area (Å²) in [5, 5.41) is 30.4. The first-order valence-electron chi connectivity index (χ1n) is 8.32. The third-order valence-corrected chi connectivity index (χ3v) is 4.42. The van der Waals surface area contributed by atoms with E-state index < -0.39 is 30.7 Å². The predicted octanol–water partition coefficient (Wildman–Crippen LogP) is -0.285. The molecular weight excluding hydrogens is 340 g/mol. The summed E-state index contributed by atoms with van der Waals surface area (Å²) in [5.74, 6) is 0. The average molecular weight is 362 g/mol. The summed E-state index contributed by atoms with van der Waals surface area (Å²) >= 11 is 0. The normalized spacial score (nSPS) is 29.0. The minimum atomic E-state index is -1.46. The smallest absolute Gasteiger partial charge is 0.272 e. The van der Waals surface area contributed by atoms with Crippen molar-refractivity contribution in [1.29, 1.82) is 0 Å². The van der Waals surface area contributed by atoms with Crippen LogP contribution in [0.15, 0.2) is 41.7 Å². The van der Waals surface area contributed by atoms with Gasteiger partial charge in [0.1, 0.15) is 30.1 Å². The van der Waals surface area contributed by atoms with Crippen LogP contribution in [0, 0.1) is 6.92 Å². The Bertz CT molecular complexity index is 851. The van der Waals surface area contributed by atoms with Crippen LogP contribution in [0.4, 0.5) is 0 Å². The number of aliphatic hydroxyl groups is 3. The number of aromatic nitrogens is 2. The lowest BCUT2D eigenvalue weighted by molar-refractivity contribution is -0.296. The van der Waals surface area contributed by atoms with Crippen molar-refractivity contribution < 1.29 is 24.8 Å². The Morgan fingerprint density at radius 3 is 2.73 bits per heavy atom. The van der Waals surface area contributed by atoms with E-state index in [-0.39, 0.29) is 18.7 Å². The number of ether oxygens (including phenoxy) is 2. The molecule has 0 unspecified atom stereocenters. The van der Waals surface area contributed by atoms with Crippen LogP contribution < -0.4 is 5.56 Å². The molecule has 3 N–H and O–H groups in total. The largest absolute Gasteiger partial charge is 0.388 e. The highest BCUT2D eigenvalue weighted by atomic mass is 16.7. The maximum absolute atomic E-state index is 12.6. The lowest BCUT2D eigenvalue weighted by atomic mass is 9.98. The number of aryl methyl sites for hydroxylation is 1. The molecule has 8 nitrogen and oxygen atoms in total. The van der Waals surface area contributed by atoms with Gasteiger partial charge in [-0.25, -0.2) is 4.98 Å². The Morgan fingerprint density at radius 2 is 2.00 bits per heavy atom. The molecule has 1 fully saturated rings. The number of nitrogens with zero attached hydrogens (tertiary/aromatic N) is 2. The van der Waals surface area contributed by atoms with Gasteiger partial charge < -0.3 is 29.4 Å². The number of para-hydroxylation sites is 2. The quantitative estimate of drug-likeness (QED) is 0.627. The maximum atomic E-state index is 12.6. The van der Waals surface area contributed by atoms with Crippen LogP contribution in [0.3, 0.4) is 0 Å². The summed E-state index contributed by atoms with van der Waals surface area (Å²) in [5.41, 5.74) is 1.22. The first-order chi connectivity index (χ1) is 12.4. The Kier molecular flexibility index (Phi) is 5.49. The van der Waals surface area contributed by atoms with Crippen molar-refractivity contribution in [3.8, 4) is 0 Å². The molecule has 0 aliphatic carbocycles. The van der Waals surface area contributed by atoms with Crippen LogP contribution in [-0.4, -0.2) is 62.2 Å². The van der Waals surface area contributed by atoms with Gasteiger partial charge in [-0.05, 0) is 19.1 Å². The molecule has 5 atom stereocenters. The van der Waals surface area contributed by atoms with Crippen molar-refractivity contribution in [3.05, 3.63) is 53.0 Å². The van der Waals surface area contributed by atoms with Gasteiger partial charge in [0, 0.05) is 0 Å². The molecule has 1 saturated heterocycles. The number of fused-ring (bicyclic) bond motifs is 1. The third-order valence-electron chi connectivity index (χ3n) is 4.42. The van der Waals surface area contributed by atoms with Crippen LogP contribution in [0.2, 0.25) is 0 Å². The lowest BCUT2D eigenvalue weighted by Crippen LogP contribution is -2.59. The van der Waals surface area contributed by atoms with Gasteiger partial charge in [0.2, 0.25) is 0 Å². The molecule has 26 heavy (non-hydrogen) atoms. The zero-order chi connectivity index (χ0) is 18.8. The minimum absolute atomic E-state index is 0.0262. The van der Waals surface area contributed by atoms with Gasteiger partial charge in [-0.1, -0.05) is 18.2 Å². The lowest BCUT2D eigenvalue weighted by Gasteiger charge is -2.40. The highest BCUT2D eigenvalue weighted by Crippen LogP contribution is 2.24. The van der Waals surface area contributed by atoms with Crippen molar-refractivity contribution in [2.45, 2.75) is 44.2 Å². The molecule has 1 aliphatic rings. The predicted molar refractivity (Wildman–Crippen MR) is 93.6 cm³/mol. The highest BCUT2D eigenvalue weighted by Gasteiger charge is 2.44. The molecule has 0 saturated carbocycles. The second-order valence-corrected chi connectivity index (χ2v) is 6.24. The topological polar surface area (TPSA) is 114 Å². The molecule has 2 aromatic rings. The van der Waals surface area contributed by atoms with Gasteiger partial charge in [-0.15, -0.1) is 6.58 Å². The molecule has 2 heterocycles. The summed E-state index contributed by atoms with van der Waals surface area (Å²) in [7, 11) is 0. The zero-order valence-electron chi connectivity index (χ0n) is 14.4. The zero-order valence-corrected chi connectivity index (χ0v) is 14.4. The van der Waals surface area contributed by atoms with Crippen molar-refractivity contribution in [3.63, 3.8) is 0 Å². The fourth-order valence-electron chi connectivity index (χ4n) is 3.05. The molecule has 8 heteroatoms. The first-order valence-corrected chi connectivity index (χ1v) is 8.32. The van der Waals surface area contributed by atoms with Crippen LogP contribution in [0.5, 0.6) is 0 Å². The number of aliphatic hydroxyl groups excluding tert-OH is 3. The Balaban J connectivity index is 1.94. The van der Waals surface area contributed by atoms with Gasteiger partial charge in [-0.2, -0.15) is 0 Å². The Hall–Kier alpha value is -2.10. The van der Waals surface area contributed by atoms with E-state index >= 15 is 0 Å². The third kappa shape index (κ3) is 3.42. The summed E-state index contributed by atoms with van der Waals surface area (Å²) in [6, 6.07) is 7.12. The van der Waals surface area contributed by atoms with Crippen molar-refractivity contribution in [1.82, 2.24) is 9.55 Å². The van der Waals surface area contributed by atoms with Crippen LogP contribution >= 0.6 is 0 Å². The van der Waals surface area contributed by atoms with E-state index in [4.69, 9.17) is 9.47 Å². The number of hydrogen-bond donors (Lipinski definition) is 3. The van der Waals surface area contributed by atoms with Crippen molar-refractivity contribution in [2.75, 3.05) is 6.61 Å². The van der Waals surface area contributed by atoms with Crippen molar-refractivity contribution >= 4 is 11.0 Å². The maximum Gasteiger partial charge on any atom is 0.272 e. The highest BCUT2D eigenvalue weighted by molar-refractivity contribution is 5.74. The summed E-state index contributed by atoms with van der Waals surface area (Å²) in [6.07, 6.45) is -4.87. The van der Waals surface area contributed by atoms with Gasteiger partial charge in [0.15, 0.2) is 6.29 Å². The van der Waals surface area contributed by atoms with E-state index in [1.165, 1.54) is 10.6 Å². The SMILES string of the molecule is C=CCO[C@H]1O[C@H](Cn2c(=O)c(C)nc3ccccc32)[C@@H](O)[C@H](O)[C@@H]1O. The van der Waals surface area contributed by atoms with Crippen molar-refractivity contribution in [2.24, 2.45) is 0 Å². The Morgan fingerprint density at radius 1 is 1.27 bits per heavy atom. The van der Waals surface area contributed by atoms with E-state index in [0.717, 1.165) is 0 Å². The minimum Gasteiger partial charge on any atom is -0.388 e. The molecule has 0 radical (unpaired) electrons. The average Bonchev–Trinajstić information content (AvgIpc) is 2.64. The second kappa shape index (κ2) is 7.65. The fourth-order valence-corrected chi connectivity index (χ4v) is 3.05. The van der Waals surface area contributed by atoms with E-state index in [0.29, 0.717) is 16.7 Å². The number of benzene rings is 1. The monoisotopic (exact) mass is 362 g/mol. The van der Waals surface area contributed by atoms with E-state index in [1.54, 1.807) is 25.1 Å². The number of hydrogen-bond acceptors (Lipinski definition) is 7. The van der Waals surface area contributed by atoms with Gasteiger partial charge >= 0.3 is 0 Å². The molecule has 1 aromatic carbocycles. The van der Waals surface area contributed by atoms with Gasteiger partial charge in [-0.3, -0.25) is 4.79 Å². The molecule has 3 rings (SSSR count). The summed E-state index contributed by atoms with van der Waals surface area (Å²) in [4.78, 5) is 16.8.